The van der Waals surface area contributed by atoms with Crippen molar-refractivity contribution < 1.29 is 32.5 Å². The van der Waals surface area contributed by atoms with E-state index in [-0.39, 0.29) is 42.1 Å². The summed E-state index contributed by atoms with van der Waals surface area (Å²) in [4.78, 5) is 29.1. The van der Waals surface area contributed by atoms with Crippen molar-refractivity contribution in [3.63, 3.8) is 0 Å². The lowest BCUT2D eigenvalue weighted by Crippen LogP contribution is -2.40. The summed E-state index contributed by atoms with van der Waals surface area (Å²) < 4.78 is 52.8. The van der Waals surface area contributed by atoms with Crippen molar-refractivity contribution >= 4 is 22.6 Å². The quantitative estimate of drug-likeness (QED) is 0.163. The number of pyridine rings is 1. The van der Waals surface area contributed by atoms with E-state index in [1.165, 1.54) is 42.5 Å². The fraction of sp³-hybridized carbons (Fsp3) is 0.176. The number of hydrogen-bond donors (Lipinski definition) is 2. The lowest BCUT2D eigenvalue weighted by Gasteiger charge is -2.26. The Hall–Kier alpha value is -4.93. The van der Waals surface area contributed by atoms with Crippen LogP contribution >= 0.6 is 0 Å². The molecule has 226 valence electrons. The smallest absolute Gasteiger partial charge is 0.417 e. The van der Waals surface area contributed by atoms with E-state index in [0.29, 0.717) is 12.0 Å². The van der Waals surface area contributed by atoms with E-state index in [1.807, 2.05) is 60.7 Å². The minimum atomic E-state index is -4.61. The van der Waals surface area contributed by atoms with Crippen LogP contribution in [0.15, 0.2) is 114 Å². The van der Waals surface area contributed by atoms with Gasteiger partial charge in [-0.05, 0) is 40.8 Å². The van der Waals surface area contributed by atoms with Gasteiger partial charge in [-0.15, -0.1) is 0 Å². The molecule has 0 unspecified atom stereocenters. The van der Waals surface area contributed by atoms with Crippen molar-refractivity contribution in [2.45, 2.75) is 25.5 Å². The van der Waals surface area contributed by atoms with Gasteiger partial charge in [0.2, 0.25) is 0 Å². The minimum absolute atomic E-state index is 0.00297. The maximum atomic E-state index is 13.6. The third-order valence-corrected chi connectivity index (χ3v) is 7.02. The number of H-pyrrole nitrogens is 1. The monoisotopic (exact) mass is 602 g/mol. The van der Waals surface area contributed by atoms with Gasteiger partial charge < -0.3 is 19.6 Å². The number of benzene rings is 4. The second kappa shape index (κ2) is 13.6. The molecule has 10 heteroatoms. The predicted octanol–water partition coefficient (Wildman–Crippen LogP) is 7.50. The summed E-state index contributed by atoms with van der Waals surface area (Å²) in [5.41, 5.74) is 0.380. The number of carbonyl (C=O) groups is 1. The molecule has 0 spiro atoms. The number of halogens is 3. The Bertz CT molecular complexity index is 1780. The molecule has 7 nitrogen and oxygen atoms in total. The summed E-state index contributed by atoms with van der Waals surface area (Å²) in [6, 6.07) is 29.8. The Labute approximate surface area is 251 Å². The molecule has 0 bridgehead atoms. The van der Waals surface area contributed by atoms with E-state index in [0.717, 1.165) is 22.1 Å². The Morgan fingerprint density at radius 2 is 1.48 bits per heavy atom. The molecule has 5 aromatic rings. The summed E-state index contributed by atoms with van der Waals surface area (Å²) in [6.07, 6.45) is -6.55. The highest BCUT2D eigenvalue weighted by atomic mass is 19.4. The molecule has 1 aromatic heterocycles. The summed E-state index contributed by atoms with van der Waals surface area (Å²) in [6.45, 7) is 0.538. The zero-order valence-electron chi connectivity index (χ0n) is 23.5. The van der Waals surface area contributed by atoms with Gasteiger partial charge in [0.1, 0.15) is 0 Å². The van der Waals surface area contributed by atoms with Gasteiger partial charge in [0.15, 0.2) is 0 Å². The number of nitrogens with one attached hydrogen (secondary N) is 1. The van der Waals surface area contributed by atoms with Gasteiger partial charge in [0.05, 0.1) is 38.0 Å². The lowest BCUT2D eigenvalue weighted by atomic mass is 10.0. The van der Waals surface area contributed by atoms with Crippen LogP contribution in [0.3, 0.4) is 0 Å². The van der Waals surface area contributed by atoms with E-state index >= 15 is 0 Å². The largest absolute Gasteiger partial charge is 0.465 e. The molecule has 0 saturated heterocycles. The van der Waals surface area contributed by atoms with Crippen LogP contribution in [0, 0.1) is 0 Å². The van der Waals surface area contributed by atoms with Crippen LogP contribution in [0.5, 0.6) is 0 Å². The number of fused-ring (bicyclic) bond motifs is 1. The topological polar surface area (TPSA) is 91.9 Å². The first-order chi connectivity index (χ1) is 21.2. The standard InChI is InChI=1S/C34H29F3N2O5/c35-34(36,37)30-14-8-7-13-28(30)31-17-25-15-16-26(18-29(25)32(40)38-31)39(33(41)42)19-27(44-21-24-11-5-2-6-12-24)22-43-20-23-9-3-1-4-10-23/h1-18,27H,19-22H2,(H,38,40)(H,41,42)/t27-/m1/s1. The maximum Gasteiger partial charge on any atom is 0.417 e. The highest BCUT2D eigenvalue weighted by Crippen LogP contribution is 2.36. The van der Waals surface area contributed by atoms with Crippen LogP contribution in [-0.4, -0.2) is 35.4 Å². The van der Waals surface area contributed by atoms with Crippen molar-refractivity contribution in [2.75, 3.05) is 18.1 Å². The van der Waals surface area contributed by atoms with Crippen LogP contribution in [-0.2, 0) is 28.9 Å². The molecule has 2 N–H and O–H groups in total. The Kier molecular flexibility index (Phi) is 9.42. The first-order valence-electron chi connectivity index (χ1n) is 13.8. The number of aromatic amines is 1. The Morgan fingerprint density at radius 1 is 0.841 bits per heavy atom. The number of hydrogen-bond acceptors (Lipinski definition) is 4. The number of aromatic nitrogens is 1. The average molecular weight is 603 g/mol. The molecule has 1 atom stereocenters. The molecular weight excluding hydrogens is 573 g/mol. The number of carboxylic acid groups (broad SMARTS) is 1. The number of amides is 1. The van der Waals surface area contributed by atoms with Gasteiger partial charge in [-0.3, -0.25) is 9.69 Å². The summed E-state index contributed by atoms with van der Waals surface area (Å²) >= 11 is 0. The molecule has 0 fully saturated rings. The number of alkyl halides is 3. The molecule has 4 aromatic carbocycles. The molecule has 1 heterocycles. The summed E-state index contributed by atoms with van der Waals surface area (Å²) in [7, 11) is 0. The van der Waals surface area contributed by atoms with Crippen LogP contribution in [0.2, 0.25) is 0 Å². The zero-order chi connectivity index (χ0) is 31.1. The predicted molar refractivity (Wildman–Crippen MR) is 161 cm³/mol. The molecule has 0 saturated carbocycles. The van der Waals surface area contributed by atoms with Crippen molar-refractivity contribution in [1.82, 2.24) is 4.98 Å². The van der Waals surface area contributed by atoms with Crippen molar-refractivity contribution in [2.24, 2.45) is 0 Å². The van der Waals surface area contributed by atoms with Gasteiger partial charge >= 0.3 is 12.3 Å². The highest BCUT2D eigenvalue weighted by Gasteiger charge is 2.33. The Morgan fingerprint density at radius 3 is 2.14 bits per heavy atom. The maximum absolute atomic E-state index is 13.6. The summed E-state index contributed by atoms with van der Waals surface area (Å²) in [5, 5.41) is 10.6. The fourth-order valence-corrected chi connectivity index (χ4v) is 4.85. The number of rotatable bonds is 11. The average Bonchev–Trinajstić information content (AvgIpc) is 3.02. The molecular formula is C34H29F3N2O5. The van der Waals surface area contributed by atoms with Crippen molar-refractivity contribution in [3.05, 3.63) is 136 Å². The second-order valence-corrected chi connectivity index (χ2v) is 10.1. The van der Waals surface area contributed by atoms with Crippen molar-refractivity contribution in [3.8, 4) is 11.3 Å². The Balaban J connectivity index is 1.40. The second-order valence-electron chi connectivity index (χ2n) is 10.1. The van der Waals surface area contributed by atoms with E-state index < -0.39 is 29.5 Å². The van der Waals surface area contributed by atoms with Gasteiger partial charge in [0.25, 0.3) is 5.56 Å². The van der Waals surface area contributed by atoms with Gasteiger partial charge in [-0.2, -0.15) is 13.2 Å². The molecule has 44 heavy (non-hydrogen) atoms. The molecule has 0 radical (unpaired) electrons. The first-order valence-corrected chi connectivity index (χ1v) is 13.8. The summed E-state index contributed by atoms with van der Waals surface area (Å²) in [5.74, 6) is 0. The normalized spacial score (nSPS) is 12.2. The third kappa shape index (κ3) is 7.52. The minimum Gasteiger partial charge on any atom is -0.465 e. The number of ether oxygens (including phenoxy) is 2. The molecule has 1 amide bonds. The van der Waals surface area contributed by atoms with Gasteiger partial charge in [0, 0.05) is 22.3 Å². The van der Waals surface area contributed by atoms with Crippen LogP contribution in [0.4, 0.5) is 23.7 Å². The van der Waals surface area contributed by atoms with Crippen LogP contribution in [0.25, 0.3) is 22.0 Å². The SMILES string of the molecule is O=C(O)N(C[C@H](COCc1ccccc1)OCc1ccccc1)c1ccc2cc(-c3ccccc3C(F)(F)F)[nH]c(=O)c2c1. The lowest BCUT2D eigenvalue weighted by molar-refractivity contribution is -0.137. The zero-order valence-corrected chi connectivity index (χ0v) is 23.5. The fourth-order valence-electron chi connectivity index (χ4n) is 4.85. The van der Waals surface area contributed by atoms with E-state index in [2.05, 4.69) is 4.98 Å². The third-order valence-electron chi connectivity index (χ3n) is 7.02. The molecule has 5 rings (SSSR count). The number of anilines is 1. The van der Waals surface area contributed by atoms with E-state index in [4.69, 9.17) is 9.47 Å². The van der Waals surface area contributed by atoms with Gasteiger partial charge in [-0.25, -0.2) is 4.79 Å². The molecule has 0 aliphatic rings. The van der Waals surface area contributed by atoms with Gasteiger partial charge in [-0.1, -0.05) is 84.9 Å². The van der Waals surface area contributed by atoms with E-state index in [1.54, 1.807) is 0 Å². The van der Waals surface area contributed by atoms with E-state index in [9.17, 15) is 27.9 Å². The number of nitrogens with zero attached hydrogens (tertiary/aromatic N) is 1. The molecule has 0 aliphatic heterocycles. The highest BCUT2D eigenvalue weighted by molar-refractivity contribution is 5.93. The van der Waals surface area contributed by atoms with Crippen LogP contribution in [0.1, 0.15) is 16.7 Å². The first kappa shape index (κ1) is 30.5. The van der Waals surface area contributed by atoms with Crippen molar-refractivity contribution in [1.29, 1.82) is 0 Å². The van der Waals surface area contributed by atoms with Crippen LogP contribution < -0.4 is 10.5 Å². The molecule has 0 aliphatic carbocycles.